The summed E-state index contributed by atoms with van der Waals surface area (Å²) in [6.07, 6.45) is 6.78. The van der Waals surface area contributed by atoms with Gasteiger partial charge in [0.2, 0.25) is 0 Å². The number of imidazole rings is 1. The van der Waals surface area contributed by atoms with Crippen LogP contribution in [-0.4, -0.2) is 11.1 Å². The summed E-state index contributed by atoms with van der Waals surface area (Å²) in [5.74, 6) is 1.44. The van der Waals surface area contributed by atoms with E-state index >= 15 is 0 Å². The summed E-state index contributed by atoms with van der Waals surface area (Å²) in [5.41, 5.74) is 5.48. The van der Waals surface area contributed by atoms with E-state index < -0.39 is 0 Å². The third-order valence-electron chi connectivity index (χ3n) is 2.26. The van der Waals surface area contributed by atoms with Gasteiger partial charge in [-0.1, -0.05) is 0 Å². The Morgan fingerprint density at radius 3 is 3.36 bits per heavy atom. The minimum atomic E-state index is 0.738. The molecule has 0 aromatic carbocycles. The summed E-state index contributed by atoms with van der Waals surface area (Å²) in [7, 11) is 0. The first kappa shape index (κ1) is 6.85. The van der Waals surface area contributed by atoms with Crippen LogP contribution in [0.5, 0.6) is 0 Å². The molecule has 0 saturated heterocycles. The Balaban J connectivity index is 2.27. The Labute approximate surface area is 66.4 Å². The monoisotopic (exact) mass is 152 g/mol. The second-order valence-electron chi connectivity index (χ2n) is 2.99. The molecule has 0 fully saturated rings. The molecule has 1 aliphatic heterocycles. The van der Waals surface area contributed by atoms with Crippen LogP contribution in [0.2, 0.25) is 0 Å². The lowest BCUT2D eigenvalue weighted by Crippen LogP contribution is -2.31. The molecule has 0 saturated carbocycles. The normalized spacial score (nSPS) is 15.4. The maximum Gasteiger partial charge on any atom is 0.256 e. The highest BCUT2D eigenvalue weighted by Gasteiger charge is 2.21. The van der Waals surface area contributed by atoms with E-state index in [1.54, 1.807) is 0 Å². The summed E-state index contributed by atoms with van der Waals surface area (Å²) < 4.78 is 4.57. The number of fused-ring (bicyclic) bond motifs is 1. The third-order valence-corrected chi connectivity index (χ3v) is 2.26. The van der Waals surface area contributed by atoms with Crippen LogP contribution in [0.3, 0.4) is 0 Å². The fourth-order valence-electron chi connectivity index (χ4n) is 1.74. The number of nitrogens with two attached hydrogens (primary N) is 1. The fourth-order valence-corrected chi connectivity index (χ4v) is 1.74. The third kappa shape index (κ3) is 1.05. The van der Waals surface area contributed by atoms with Gasteiger partial charge in [-0.05, 0) is 6.42 Å². The predicted molar refractivity (Wildman–Crippen MR) is 42.0 cm³/mol. The molecule has 3 heteroatoms. The second-order valence-corrected chi connectivity index (χ2v) is 2.99. The van der Waals surface area contributed by atoms with Gasteiger partial charge in [-0.2, -0.15) is 0 Å². The molecule has 3 nitrogen and oxygen atoms in total. The first-order valence-electron chi connectivity index (χ1n) is 4.19. The molecule has 0 atom stereocenters. The second kappa shape index (κ2) is 2.66. The summed E-state index contributed by atoms with van der Waals surface area (Å²) in [6, 6.07) is 0. The summed E-state index contributed by atoms with van der Waals surface area (Å²) in [4.78, 5) is 0. The van der Waals surface area contributed by atoms with Crippen LogP contribution in [-0.2, 0) is 19.5 Å². The van der Waals surface area contributed by atoms with E-state index in [-0.39, 0.29) is 0 Å². The molecule has 2 rings (SSSR count). The van der Waals surface area contributed by atoms with E-state index in [4.69, 9.17) is 5.73 Å². The van der Waals surface area contributed by atoms with E-state index in [1.165, 1.54) is 25.2 Å². The van der Waals surface area contributed by atoms with Crippen molar-refractivity contribution >= 4 is 0 Å². The largest absolute Gasteiger partial charge is 0.327 e. The zero-order chi connectivity index (χ0) is 7.68. The van der Waals surface area contributed by atoms with Gasteiger partial charge < -0.3 is 5.73 Å². The van der Waals surface area contributed by atoms with Gasteiger partial charge >= 0.3 is 0 Å². The molecule has 0 unspecified atom stereocenters. The quantitative estimate of drug-likeness (QED) is 0.579. The molecule has 1 aromatic heterocycles. The summed E-state index contributed by atoms with van der Waals surface area (Å²) >= 11 is 0. The summed E-state index contributed by atoms with van der Waals surface area (Å²) in [6.45, 7) is 2.89. The molecule has 2 heterocycles. The highest BCUT2D eigenvalue weighted by Crippen LogP contribution is 2.05. The van der Waals surface area contributed by atoms with Crippen LogP contribution in [0.15, 0.2) is 12.4 Å². The van der Waals surface area contributed by atoms with Crippen molar-refractivity contribution in [3.63, 3.8) is 0 Å². The highest BCUT2D eigenvalue weighted by molar-refractivity contribution is 4.86. The van der Waals surface area contributed by atoms with Crippen molar-refractivity contribution in [1.29, 1.82) is 0 Å². The Morgan fingerprint density at radius 2 is 2.55 bits per heavy atom. The van der Waals surface area contributed by atoms with Crippen LogP contribution in [0.4, 0.5) is 0 Å². The van der Waals surface area contributed by atoms with E-state index in [0.29, 0.717) is 0 Å². The van der Waals surface area contributed by atoms with Crippen molar-refractivity contribution in [3.8, 4) is 0 Å². The van der Waals surface area contributed by atoms with Gasteiger partial charge in [-0.25, -0.2) is 9.13 Å². The standard InChI is InChI=1S/C8H14N3/c9-3-5-11-7-6-10-4-1-2-8(10)11/h6-7H,1-5,9H2/q+1. The minimum absolute atomic E-state index is 0.738. The molecule has 1 aromatic rings. The maximum absolute atomic E-state index is 5.48. The topological polar surface area (TPSA) is 34.8 Å². The van der Waals surface area contributed by atoms with Gasteiger partial charge in [0.15, 0.2) is 0 Å². The number of hydrogen-bond acceptors (Lipinski definition) is 1. The smallest absolute Gasteiger partial charge is 0.256 e. The maximum atomic E-state index is 5.48. The van der Waals surface area contributed by atoms with Crippen LogP contribution in [0.1, 0.15) is 12.2 Å². The number of aromatic nitrogens is 2. The Morgan fingerprint density at radius 1 is 1.64 bits per heavy atom. The van der Waals surface area contributed by atoms with Gasteiger partial charge in [0.05, 0.1) is 13.0 Å². The average molecular weight is 152 g/mol. The van der Waals surface area contributed by atoms with Gasteiger partial charge in [0.25, 0.3) is 5.82 Å². The Kier molecular flexibility index (Phi) is 1.66. The van der Waals surface area contributed by atoms with Crippen molar-refractivity contribution in [2.24, 2.45) is 5.73 Å². The molecule has 0 bridgehead atoms. The molecule has 0 radical (unpaired) electrons. The van der Waals surface area contributed by atoms with Gasteiger partial charge in [0.1, 0.15) is 18.9 Å². The fraction of sp³-hybridized carbons (Fsp3) is 0.625. The predicted octanol–water partition coefficient (Wildman–Crippen LogP) is -0.320. The van der Waals surface area contributed by atoms with Crippen LogP contribution >= 0.6 is 0 Å². The van der Waals surface area contributed by atoms with E-state index in [1.807, 2.05) is 0 Å². The molecule has 11 heavy (non-hydrogen) atoms. The van der Waals surface area contributed by atoms with E-state index in [2.05, 4.69) is 21.5 Å². The highest BCUT2D eigenvalue weighted by atomic mass is 15.2. The van der Waals surface area contributed by atoms with Crippen molar-refractivity contribution in [3.05, 3.63) is 18.2 Å². The molecule has 2 N–H and O–H groups in total. The van der Waals surface area contributed by atoms with Crippen molar-refractivity contribution < 1.29 is 4.57 Å². The van der Waals surface area contributed by atoms with E-state index in [9.17, 15) is 0 Å². The van der Waals surface area contributed by atoms with Gasteiger partial charge in [-0.15, -0.1) is 0 Å². The molecule has 0 amide bonds. The lowest BCUT2D eigenvalue weighted by atomic mass is 10.3. The van der Waals surface area contributed by atoms with Gasteiger partial charge in [0, 0.05) is 6.54 Å². The van der Waals surface area contributed by atoms with Gasteiger partial charge in [-0.3, -0.25) is 0 Å². The lowest BCUT2D eigenvalue weighted by Gasteiger charge is -1.93. The number of hydrogen-bond donors (Lipinski definition) is 1. The van der Waals surface area contributed by atoms with Crippen molar-refractivity contribution in [2.75, 3.05) is 6.54 Å². The number of nitrogens with zero attached hydrogens (tertiary/aromatic N) is 2. The van der Waals surface area contributed by atoms with Crippen LogP contribution in [0, 0.1) is 0 Å². The molecule has 0 aliphatic carbocycles. The van der Waals surface area contributed by atoms with Crippen LogP contribution < -0.4 is 10.3 Å². The first-order chi connectivity index (χ1) is 5.42. The molecule has 60 valence electrons. The zero-order valence-electron chi connectivity index (χ0n) is 6.66. The zero-order valence-corrected chi connectivity index (χ0v) is 6.66. The SMILES string of the molecule is NCCn1cc[n+]2c1CCC2. The molecular weight excluding hydrogens is 138 g/mol. The molecular formula is C8H14N3+. The summed E-state index contributed by atoms with van der Waals surface area (Å²) in [5, 5.41) is 0. The van der Waals surface area contributed by atoms with Crippen LogP contribution in [0.25, 0.3) is 0 Å². The van der Waals surface area contributed by atoms with Crippen molar-refractivity contribution in [2.45, 2.75) is 25.9 Å². The minimum Gasteiger partial charge on any atom is -0.327 e. The average Bonchev–Trinajstić information content (AvgIpc) is 2.53. The Hall–Kier alpha value is -0.830. The molecule has 1 aliphatic rings. The molecule has 0 spiro atoms. The Bertz CT molecular complexity index is 252. The lowest BCUT2D eigenvalue weighted by molar-refractivity contribution is -0.690. The van der Waals surface area contributed by atoms with Crippen molar-refractivity contribution in [1.82, 2.24) is 4.57 Å². The first-order valence-corrected chi connectivity index (χ1v) is 4.19. The van der Waals surface area contributed by atoms with E-state index in [0.717, 1.165) is 13.1 Å². The number of rotatable bonds is 2. The number of aryl methyl sites for hydroxylation is 1.